The van der Waals surface area contributed by atoms with Crippen molar-refractivity contribution in [2.24, 2.45) is 0 Å². The molecule has 28 heavy (non-hydrogen) atoms. The first-order valence-electron chi connectivity index (χ1n) is 8.39. The highest BCUT2D eigenvalue weighted by atomic mass is 79.9. The molecule has 0 radical (unpaired) electrons. The monoisotopic (exact) mass is 456 g/mol. The maximum absolute atomic E-state index is 12.4. The van der Waals surface area contributed by atoms with E-state index in [1.807, 2.05) is 30.3 Å². The first kappa shape index (κ1) is 20.0. The molecule has 3 aromatic carbocycles. The Morgan fingerprint density at radius 1 is 0.964 bits per heavy atom. The number of halogens is 1. The zero-order valence-electron chi connectivity index (χ0n) is 14.7. The Hall–Kier alpha value is -2.77. The molecule has 5 nitrogen and oxygen atoms in total. The molecule has 0 heterocycles. The van der Waals surface area contributed by atoms with Crippen molar-refractivity contribution in [1.82, 2.24) is 4.31 Å². The number of hydrogen-bond donors (Lipinski definition) is 2. The molecule has 1 N–H and O–H groups in total. The molecule has 0 saturated heterocycles. The van der Waals surface area contributed by atoms with E-state index in [2.05, 4.69) is 34.1 Å². The molecule has 0 spiro atoms. The van der Waals surface area contributed by atoms with Crippen LogP contribution in [0.15, 0.2) is 83.3 Å². The molecule has 0 aliphatic carbocycles. The van der Waals surface area contributed by atoms with Crippen molar-refractivity contribution < 1.29 is 14.3 Å². The molecule has 3 rings (SSSR count). The van der Waals surface area contributed by atoms with Gasteiger partial charge < -0.3 is 10.1 Å². The number of ether oxygens (including phenoxy) is 1. The SMILES string of the molecule is O=C(Nc1cc(Br)cc(OCc2ccccc2)c1)N(S)C(=O)c1ccccc1. The highest BCUT2D eigenvalue weighted by Crippen LogP contribution is 2.26. The van der Waals surface area contributed by atoms with Gasteiger partial charge in [-0.25, -0.2) is 9.10 Å². The molecular weight excluding hydrogens is 440 g/mol. The van der Waals surface area contributed by atoms with Crippen molar-refractivity contribution in [2.75, 3.05) is 5.32 Å². The van der Waals surface area contributed by atoms with Crippen LogP contribution in [0.5, 0.6) is 5.75 Å². The van der Waals surface area contributed by atoms with Gasteiger partial charge in [-0.15, -0.1) is 0 Å². The summed E-state index contributed by atoms with van der Waals surface area (Å²) in [6.45, 7) is 0.399. The van der Waals surface area contributed by atoms with Crippen LogP contribution in [0.3, 0.4) is 0 Å². The van der Waals surface area contributed by atoms with Gasteiger partial charge in [0, 0.05) is 21.8 Å². The minimum Gasteiger partial charge on any atom is -0.489 e. The molecule has 0 aliphatic rings. The predicted octanol–water partition coefficient (Wildman–Crippen LogP) is 5.55. The van der Waals surface area contributed by atoms with E-state index in [1.165, 1.54) is 0 Å². The Balaban J connectivity index is 1.67. The number of urea groups is 1. The second-order valence-corrected chi connectivity index (χ2v) is 7.18. The highest BCUT2D eigenvalue weighted by Gasteiger charge is 2.20. The van der Waals surface area contributed by atoms with Crippen LogP contribution < -0.4 is 10.1 Å². The Kier molecular flexibility index (Phi) is 6.73. The quantitative estimate of drug-likeness (QED) is 0.494. The summed E-state index contributed by atoms with van der Waals surface area (Å²) in [4.78, 5) is 24.7. The fourth-order valence-electron chi connectivity index (χ4n) is 2.43. The summed E-state index contributed by atoms with van der Waals surface area (Å²) in [7, 11) is 0. The third-order valence-corrected chi connectivity index (χ3v) is 4.60. The summed E-state index contributed by atoms with van der Waals surface area (Å²) < 4.78 is 7.26. The van der Waals surface area contributed by atoms with Crippen LogP contribution >= 0.6 is 28.7 Å². The zero-order valence-corrected chi connectivity index (χ0v) is 17.2. The van der Waals surface area contributed by atoms with Crippen LogP contribution in [-0.4, -0.2) is 16.2 Å². The minimum absolute atomic E-state index is 0.369. The Bertz CT molecular complexity index is 968. The van der Waals surface area contributed by atoms with Gasteiger partial charge >= 0.3 is 6.03 Å². The third-order valence-electron chi connectivity index (χ3n) is 3.78. The fraction of sp³-hybridized carbons (Fsp3) is 0.0476. The summed E-state index contributed by atoms with van der Waals surface area (Å²) in [5.41, 5.74) is 1.87. The van der Waals surface area contributed by atoms with Gasteiger partial charge in [0.05, 0.1) is 0 Å². The molecule has 7 heteroatoms. The number of anilines is 1. The van der Waals surface area contributed by atoms with Crippen molar-refractivity contribution >= 4 is 46.4 Å². The first-order chi connectivity index (χ1) is 13.5. The Morgan fingerprint density at radius 2 is 1.61 bits per heavy atom. The number of amides is 3. The van der Waals surface area contributed by atoms with Gasteiger partial charge in [0.2, 0.25) is 0 Å². The Morgan fingerprint density at radius 3 is 2.29 bits per heavy atom. The average Bonchev–Trinajstić information content (AvgIpc) is 2.72. The number of thiol groups is 1. The van der Waals surface area contributed by atoms with Crippen LogP contribution in [0.1, 0.15) is 15.9 Å². The van der Waals surface area contributed by atoms with E-state index in [-0.39, 0.29) is 0 Å². The highest BCUT2D eigenvalue weighted by molar-refractivity contribution is 9.10. The van der Waals surface area contributed by atoms with Crippen LogP contribution in [0, 0.1) is 0 Å². The van der Waals surface area contributed by atoms with Gasteiger partial charge in [0.15, 0.2) is 0 Å². The number of hydrogen-bond acceptors (Lipinski definition) is 4. The minimum atomic E-state index is -0.663. The van der Waals surface area contributed by atoms with Gasteiger partial charge in [-0.05, 0) is 29.8 Å². The number of benzene rings is 3. The molecule has 0 atom stereocenters. The lowest BCUT2D eigenvalue weighted by Gasteiger charge is -2.16. The molecular formula is C21H17BrN2O3S. The second kappa shape index (κ2) is 9.43. The average molecular weight is 457 g/mol. The molecule has 3 aromatic rings. The number of carbonyl (C=O) groups excluding carboxylic acids is 2. The third kappa shape index (κ3) is 5.37. The van der Waals surface area contributed by atoms with Gasteiger partial charge in [-0.2, -0.15) is 0 Å². The maximum atomic E-state index is 12.4. The summed E-state index contributed by atoms with van der Waals surface area (Å²) in [6.07, 6.45) is 0. The van der Waals surface area contributed by atoms with Crippen LogP contribution in [0.2, 0.25) is 0 Å². The van der Waals surface area contributed by atoms with Crippen molar-refractivity contribution in [3.05, 3.63) is 94.5 Å². The smallest absolute Gasteiger partial charge is 0.338 e. The Labute approximate surface area is 177 Å². The number of rotatable bonds is 5. The van der Waals surface area contributed by atoms with E-state index in [9.17, 15) is 9.59 Å². The number of nitrogens with zero attached hydrogens (tertiary/aromatic N) is 1. The predicted molar refractivity (Wildman–Crippen MR) is 116 cm³/mol. The molecule has 0 bridgehead atoms. The zero-order chi connectivity index (χ0) is 19.9. The molecule has 3 amide bonds. The molecule has 0 aromatic heterocycles. The van der Waals surface area contributed by atoms with Crippen LogP contribution in [0.4, 0.5) is 10.5 Å². The summed E-state index contributed by atoms with van der Waals surface area (Å²) in [5.74, 6) is 0.0607. The van der Waals surface area contributed by atoms with Gasteiger partial charge in [0.25, 0.3) is 5.91 Å². The lowest BCUT2D eigenvalue weighted by Crippen LogP contribution is -2.32. The normalized spacial score (nSPS) is 10.2. The number of carbonyl (C=O) groups is 2. The van der Waals surface area contributed by atoms with Crippen molar-refractivity contribution in [1.29, 1.82) is 0 Å². The molecule has 0 unspecified atom stereocenters. The maximum Gasteiger partial charge on any atom is 0.338 e. The topological polar surface area (TPSA) is 58.6 Å². The molecule has 0 fully saturated rings. The van der Waals surface area contributed by atoms with Crippen molar-refractivity contribution in [3.63, 3.8) is 0 Å². The fourth-order valence-corrected chi connectivity index (χ4v) is 3.07. The van der Waals surface area contributed by atoms with Crippen LogP contribution in [0.25, 0.3) is 0 Å². The van der Waals surface area contributed by atoms with Gasteiger partial charge in [-0.1, -0.05) is 77.3 Å². The van der Waals surface area contributed by atoms with Crippen LogP contribution in [-0.2, 0) is 6.61 Å². The van der Waals surface area contributed by atoms with Crippen molar-refractivity contribution in [3.8, 4) is 5.75 Å². The summed E-state index contributed by atoms with van der Waals surface area (Å²) in [5, 5.41) is 2.65. The first-order valence-corrected chi connectivity index (χ1v) is 9.59. The molecule has 0 aliphatic heterocycles. The van der Waals surface area contributed by atoms with Gasteiger partial charge in [-0.3, -0.25) is 4.79 Å². The van der Waals surface area contributed by atoms with Crippen molar-refractivity contribution in [2.45, 2.75) is 6.61 Å². The van der Waals surface area contributed by atoms with E-state index < -0.39 is 11.9 Å². The second-order valence-electron chi connectivity index (χ2n) is 5.86. The lowest BCUT2D eigenvalue weighted by molar-refractivity contribution is 0.0902. The van der Waals surface area contributed by atoms with E-state index in [0.29, 0.717) is 23.6 Å². The summed E-state index contributed by atoms with van der Waals surface area (Å²) >= 11 is 7.43. The van der Waals surface area contributed by atoms with Gasteiger partial charge in [0.1, 0.15) is 12.4 Å². The molecule has 0 saturated carbocycles. The van der Waals surface area contributed by atoms with E-state index in [4.69, 9.17) is 4.74 Å². The van der Waals surface area contributed by atoms with E-state index in [1.54, 1.807) is 48.5 Å². The summed E-state index contributed by atoms with van der Waals surface area (Å²) in [6, 6.07) is 22.7. The van der Waals surface area contributed by atoms with E-state index >= 15 is 0 Å². The number of imide groups is 1. The standard InChI is InChI=1S/C21H17BrN2O3S/c22-17-11-18(13-19(12-17)27-14-15-7-3-1-4-8-15)23-21(26)24(28)20(25)16-9-5-2-6-10-16/h1-13,28H,14H2,(H,23,26). The number of nitrogens with one attached hydrogen (secondary N) is 1. The lowest BCUT2D eigenvalue weighted by atomic mass is 10.2. The molecule has 142 valence electrons. The largest absolute Gasteiger partial charge is 0.489 e. The van der Waals surface area contributed by atoms with E-state index in [0.717, 1.165) is 14.3 Å².